The van der Waals surface area contributed by atoms with E-state index in [0.717, 1.165) is 18.4 Å². The molecule has 170 valence electrons. The van der Waals surface area contributed by atoms with Crippen LogP contribution >= 0.6 is 13.5 Å². The van der Waals surface area contributed by atoms with E-state index in [9.17, 15) is 0 Å². The number of ether oxygens (including phenoxy) is 1. The van der Waals surface area contributed by atoms with Gasteiger partial charge in [-0.2, -0.15) is 18.5 Å². The summed E-state index contributed by atoms with van der Waals surface area (Å²) in [5, 5.41) is 16.7. The lowest BCUT2D eigenvalue weighted by Gasteiger charge is -2.13. The van der Waals surface area contributed by atoms with Crippen LogP contribution in [0.25, 0.3) is 27.7 Å². The van der Waals surface area contributed by atoms with Crippen LogP contribution in [0.4, 0.5) is 5.69 Å². The molecule has 0 bridgehead atoms. The van der Waals surface area contributed by atoms with E-state index in [1.807, 2.05) is 32.0 Å². The van der Waals surface area contributed by atoms with Crippen molar-refractivity contribution >= 4 is 19.2 Å². The van der Waals surface area contributed by atoms with Crippen molar-refractivity contribution in [3.63, 3.8) is 0 Å². The number of hydrogen-bond donors (Lipinski definition) is 2. The minimum absolute atomic E-state index is 0. The van der Waals surface area contributed by atoms with E-state index in [0.29, 0.717) is 35.3 Å². The van der Waals surface area contributed by atoms with Gasteiger partial charge < -0.3 is 19.7 Å². The van der Waals surface area contributed by atoms with Crippen molar-refractivity contribution in [3.05, 3.63) is 58.9 Å². The second-order valence-corrected chi connectivity index (χ2v) is 7.53. The Morgan fingerprint density at radius 3 is 2.84 bits per heavy atom. The highest BCUT2D eigenvalue weighted by Crippen LogP contribution is 2.38. The number of fused-ring (bicyclic) bond motifs is 1. The average Bonchev–Trinajstić information content (AvgIpc) is 3.39. The van der Waals surface area contributed by atoms with Crippen molar-refractivity contribution in [3.8, 4) is 28.6 Å². The van der Waals surface area contributed by atoms with Crippen molar-refractivity contribution < 1.29 is 14.4 Å². The maximum Gasteiger partial charge on any atom is 0.256 e. The predicted molar refractivity (Wildman–Crippen MR) is 130 cm³/mol. The number of aromatic nitrogens is 2. The number of hydrogen-bond acceptors (Lipinski definition) is 6. The van der Waals surface area contributed by atoms with Gasteiger partial charge in [-0.1, -0.05) is 30.8 Å². The van der Waals surface area contributed by atoms with Crippen LogP contribution in [0.15, 0.2) is 40.9 Å². The topological polar surface area (TPSA) is 84.8 Å². The molecule has 1 aliphatic rings. The van der Waals surface area contributed by atoms with Crippen LogP contribution < -0.4 is 10.1 Å². The maximum atomic E-state index is 9.09. The van der Waals surface area contributed by atoms with Gasteiger partial charge in [-0.05, 0) is 56.0 Å². The Hall–Kier alpha value is -2.86. The molecule has 1 aromatic heterocycles. The molecular formula is C24H30N4O3S. The molecule has 0 fully saturated rings. The normalized spacial score (nSPS) is 14.3. The van der Waals surface area contributed by atoms with E-state index in [1.165, 1.54) is 11.1 Å². The third-order valence-electron chi connectivity index (χ3n) is 5.13. The van der Waals surface area contributed by atoms with Gasteiger partial charge in [0.05, 0.1) is 19.3 Å². The molecule has 7 nitrogen and oxygen atoms in total. The molecule has 0 unspecified atom stereocenters. The molecule has 1 atom stereocenters. The Morgan fingerprint density at radius 2 is 2.12 bits per heavy atom. The number of aliphatic hydroxyl groups excluding tert-OH is 1. The van der Waals surface area contributed by atoms with Crippen LogP contribution in [0.1, 0.15) is 44.9 Å². The van der Waals surface area contributed by atoms with Crippen LogP contribution in [0, 0.1) is 6.57 Å². The minimum atomic E-state index is -0.0118. The summed E-state index contributed by atoms with van der Waals surface area (Å²) in [5.74, 6) is 1.46. The fourth-order valence-corrected chi connectivity index (χ4v) is 3.86. The van der Waals surface area contributed by atoms with Crippen LogP contribution in [0.2, 0.25) is 0 Å². The summed E-state index contributed by atoms with van der Waals surface area (Å²) in [5.41, 5.74) is 4.49. The van der Waals surface area contributed by atoms with Gasteiger partial charge in [0, 0.05) is 23.7 Å². The van der Waals surface area contributed by atoms with Crippen molar-refractivity contribution in [2.75, 3.05) is 13.2 Å². The standard InChI is InChI=1S/C23H24N4O3.CH4.H2S/c1-14(2)29-21-10-7-15(13-20(21)24-3)23-26-22(27-30-23)18-6-4-5-17-16(18)8-9-19(17)25-11-12-28;;/h4-7,10,13-14,19,25,28H,8-9,11-12H2,1-2H3;1H4;1H2/t19-;;/m0../s1. The van der Waals surface area contributed by atoms with Gasteiger partial charge in [0.1, 0.15) is 5.75 Å². The zero-order chi connectivity index (χ0) is 21.1. The molecule has 0 saturated carbocycles. The first-order valence-corrected chi connectivity index (χ1v) is 10.1. The summed E-state index contributed by atoms with van der Waals surface area (Å²) < 4.78 is 11.2. The summed E-state index contributed by atoms with van der Waals surface area (Å²) in [6.07, 6.45) is 1.88. The van der Waals surface area contributed by atoms with Gasteiger partial charge in [0.2, 0.25) is 11.5 Å². The monoisotopic (exact) mass is 454 g/mol. The van der Waals surface area contributed by atoms with Crippen molar-refractivity contribution in [2.24, 2.45) is 0 Å². The first-order chi connectivity index (χ1) is 14.6. The molecule has 4 rings (SSSR count). The molecule has 0 saturated heterocycles. The van der Waals surface area contributed by atoms with Crippen LogP contribution in [0.3, 0.4) is 0 Å². The second kappa shape index (κ2) is 11.1. The summed E-state index contributed by atoms with van der Waals surface area (Å²) in [6.45, 7) is 12.0. The Balaban J connectivity index is 0.00000181. The fourth-order valence-electron chi connectivity index (χ4n) is 3.86. The van der Waals surface area contributed by atoms with E-state index >= 15 is 0 Å². The molecular weight excluding hydrogens is 424 g/mol. The van der Waals surface area contributed by atoms with E-state index in [2.05, 4.69) is 26.4 Å². The lowest BCUT2D eigenvalue weighted by Crippen LogP contribution is -2.22. The maximum absolute atomic E-state index is 9.09. The number of nitrogens with zero attached hydrogens (tertiary/aromatic N) is 3. The molecule has 0 radical (unpaired) electrons. The van der Waals surface area contributed by atoms with Gasteiger partial charge in [-0.25, -0.2) is 4.85 Å². The number of benzene rings is 2. The molecule has 0 aliphatic heterocycles. The quantitative estimate of drug-likeness (QED) is 0.486. The molecule has 2 aromatic carbocycles. The summed E-state index contributed by atoms with van der Waals surface area (Å²) in [6, 6.07) is 11.7. The van der Waals surface area contributed by atoms with Crippen molar-refractivity contribution in [1.29, 1.82) is 0 Å². The molecule has 32 heavy (non-hydrogen) atoms. The predicted octanol–water partition coefficient (Wildman–Crippen LogP) is 5.06. The number of rotatable bonds is 7. The zero-order valence-electron chi connectivity index (χ0n) is 17.6. The average molecular weight is 455 g/mol. The fraction of sp³-hybridized carbons (Fsp3) is 0.375. The second-order valence-electron chi connectivity index (χ2n) is 7.53. The molecule has 0 amide bonds. The number of nitrogens with one attached hydrogen (secondary N) is 1. The van der Waals surface area contributed by atoms with Crippen molar-refractivity contribution in [1.82, 2.24) is 15.5 Å². The van der Waals surface area contributed by atoms with Gasteiger partial charge in [-0.15, -0.1) is 0 Å². The van der Waals surface area contributed by atoms with Crippen molar-refractivity contribution in [2.45, 2.75) is 46.3 Å². The highest BCUT2D eigenvalue weighted by molar-refractivity contribution is 7.59. The number of aliphatic hydroxyl groups is 1. The lowest BCUT2D eigenvalue weighted by atomic mass is 10.0. The van der Waals surface area contributed by atoms with E-state index in [4.69, 9.17) is 20.9 Å². The molecule has 1 aliphatic carbocycles. The summed E-state index contributed by atoms with van der Waals surface area (Å²) in [7, 11) is 0. The Morgan fingerprint density at radius 1 is 1.31 bits per heavy atom. The summed E-state index contributed by atoms with van der Waals surface area (Å²) in [4.78, 5) is 8.16. The summed E-state index contributed by atoms with van der Waals surface area (Å²) >= 11 is 0. The van der Waals surface area contributed by atoms with Gasteiger partial charge in [0.25, 0.3) is 5.89 Å². The minimum Gasteiger partial charge on any atom is -0.502 e. The zero-order valence-corrected chi connectivity index (χ0v) is 18.6. The smallest absolute Gasteiger partial charge is 0.256 e. The van der Waals surface area contributed by atoms with Crippen LogP contribution in [-0.4, -0.2) is 34.5 Å². The first kappa shape index (κ1) is 25.4. The van der Waals surface area contributed by atoms with Crippen LogP contribution in [-0.2, 0) is 6.42 Å². The largest absolute Gasteiger partial charge is 0.502 e. The van der Waals surface area contributed by atoms with Crippen LogP contribution in [0.5, 0.6) is 5.75 Å². The van der Waals surface area contributed by atoms with Gasteiger partial charge in [-0.3, -0.25) is 0 Å². The highest BCUT2D eigenvalue weighted by Gasteiger charge is 2.26. The first-order valence-electron chi connectivity index (χ1n) is 10.1. The third-order valence-corrected chi connectivity index (χ3v) is 5.13. The van der Waals surface area contributed by atoms with Gasteiger partial charge in [0.15, 0.2) is 0 Å². The SMILES string of the molecule is C.S.[C-]#[N+]c1cc(-c2nc(-c3cccc4c3CC[C@@H]4NCCO)no2)ccc1OC(C)C. The molecule has 3 aromatic rings. The highest BCUT2D eigenvalue weighted by atomic mass is 32.1. The Bertz CT molecular complexity index is 1090. The molecule has 8 heteroatoms. The molecule has 0 spiro atoms. The van der Waals surface area contributed by atoms with E-state index in [-0.39, 0.29) is 39.7 Å². The molecule has 2 N–H and O–H groups in total. The van der Waals surface area contributed by atoms with Gasteiger partial charge >= 0.3 is 0 Å². The van der Waals surface area contributed by atoms with E-state index in [1.54, 1.807) is 12.1 Å². The molecule has 1 heterocycles. The third kappa shape index (κ3) is 5.13. The lowest BCUT2D eigenvalue weighted by molar-refractivity contribution is 0.244. The Kier molecular flexibility index (Phi) is 8.84. The Labute approximate surface area is 196 Å². The van der Waals surface area contributed by atoms with E-state index < -0.39 is 0 Å².